The first-order valence-corrected chi connectivity index (χ1v) is 25.3. The number of hydrogen-bond acceptors (Lipinski definition) is 2. The van der Waals surface area contributed by atoms with Crippen molar-refractivity contribution in [2.75, 3.05) is 9.80 Å². The van der Waals surface area contributed by atoms with E-state index in [1.165, 1.54) is 128 Å². The Morgan fingerprint density at radius 1 is 0.314 bits per heavy atom. The average Bonchev–Trinajstić information content (AvgIpc) is 3.87. The second-order valence-corrected chi connectivity index (χ2v) is 23.3. The van der Waals surface area contributed by atoms with Crippen molar-refractivity contribution in [1.82, 2.24) is 0 Å². The van der Waals surface area contributed by atoms with Gasteiger partial charge in [-0.25, -0.2) is 0 Å². The van der Waals surface area contributed by atoms with Gasteiger partial charge >= 0.3 is 0 Å². The van der Waals surface area contributed by atoms with Crippen LogP contribution < -0.4 is 42.6 Å². The van der Waals surface area contributed by atoms with Crippen molar-refractivity contribution in [3.63, 3.8) is 0 Å². The lowest BCUT2D eigenvalue weighted by Gasteiger charge is -2.45. The van der Waals surface area contributed by atoms with Gasteiger partial charge in [-0.1, -0.05) is 207 Å². The van der Waals surface area contributed by atoms with Crippen LogP contribution >= 0.6 is 0 Å². The van der Waals surface area contributed by atoms with Crippen LogP contribution in [0.4, 0.5) is 34.1 Å². The van der Waals surface area contributed by atoms with Gasteiger partial charge in [0, 0.05) is 34.1 Å². The zero-order valence-corrected chi connectivity index (χ0v) is 41.9. The minimum atomic E-state index is -0.264. The molecule has 70 heavy (non-hydrogen) atoms. The molecule has 9 aromatic carbocycles. The number of para-hydroxylation sites is 2. The normalized spacial score (nSPS) is 14.0. The van der Waals surface area contributed by atoms with E-state index in [2.05, 4.69) is 260 Å². The Morgan fingerprint density at radius 3 is 1.46 bits per heavy atom. The smallest absolute Gasteiger partial charge is 0.248 e. The number of anilines is 6. The van der Waals surface area contributed by atoms with Gasteiger partial charge in [-0.2, -0.15) is 0 Å². The van der Waals surface area contributed by atoms with Crippen molar-refractivity contribution >= 4 is 80.3 Å². The fraction of sp³-hybridized carbons (Fsp3) is 0.182. The van der Waals surface area contributed by atoms with Gasteiger partial charge in [0.05, 0.1) is 0 Å². The summed E-state index contributed by atoms with van der Waals surface area (Å²) in [4.78, 5) is 5.27. The molecule has 2 nitrogen and oxygen atoms in total. The van der Waals surface area contributed by atoms with Crippen LogP contribution in [0.3, 0.4) is 0 Å². The summed E-state index contributed by atoms with van der Waals surface area (Å²) in [6.45, 7) is 21.2. The molecule has 0 bridgehead atoms. The number of fused-ring (bicyclic) bond motifs is 10. The van der Waals surface area contributed by atoms with Crippen LogP contribution in [0.5, 0.6) is 0 Å². The number of nitrogens with zero attached hydrogens (tertiary/aromatic N) is 2. The van der Waals surface area contributed by atoms with Crippen LogP contribution in [0.2, 0.25) is 0 Å². The highest BCUT2D eigenvalue weighted by atomic mass is 15.2. The van der Waals surface area contributed by atoms with Crippen molar-refractivity contribution in [2.24, 2.45) is 0 Å². The van der Waals surface area contributed by atoms with E-state index in [1.807, 2.05) is 0 Å². The Morgan fingerprint density at radius 2 is 0.829 bits per heavy atom. The number of hydrogen-bond donors (Lipinski definition) is 0. The Kier molecular flexibility index (Phi) is 9.23. The van der Waals surface area contributed by atoms with Crippen LogP contribution in [0.15, 0.2) is 188 Å². The molecule has 0 aliphatic carbocycles. The summed E-state index contributed by atoms with van der Waals surface area (Å²) in [7, 11) is 0. The van der Waals surface area contributed by atoms with Crippen LogP contribution in [0.1, 0.15) is 79.0 Å². The van der Waals surface area contributed by atoms with E-state index in [1.54, 1.807) is 0 Å². The molecule has 0 saturated heterocycles. The van der Waals surface area contributed by atoms with E-state index in [0.29, 0.717) is 0 Å². The molecule has 4 heteroatoms. The lowest BCUT2D eigenvalue weighted by atomic mass is 9.33. The lowest BCUT2D eigenvalue weighted by molar-refractivity contribution is 0.590. The summed E-state index contributed by atoms with van der Waals surface area (Å²) >= 11 is 0. The fourth-order valence-electron chi connectivity index (χ4n) is 12.6. The van der Waals surface area contributed by atoms with Gasteiger partial charge in [0.2, 0.25) is 13.4 Å². The molecule has 0 N–H and O–H groups in total. The minimum absolute atomic E-state index is 0.0113. The van der Waals surface area contributed by atoms with E-state index in [4.69, 9.17) is 0 Å². The van der Waals surface area contributed by atoms with Crippen molar-refractivity contribution in [3.05, 3.63) is 205 Å². The summed E-state index contributed by atoms with van der Waals surface area (Å²) < 4.78 is 0. The topological polar surface area (TPSA) is 6.48 Å². The summed E-state index contributed by atoms with van der Waals surface area (Å²) in [6.07, 6.45) is 0. The van der Waals surface area contributed by atoms with Gasteiger partial charge < -0.3 is 9.80 Å². The van der Waals surface area contributed by atoms with Crippen molar-refractivity contribution in [2.45, 2.75) is 78.6 Å². The molecular formula is C66H58B2N2. The maximum atomic E-state index is 2.67. The van der Waals surface area contributed by atoms with Crippen LogP contribution in [0, 0.1) is 0 Å². The quantitative estimate of drug-likeness (QED) is 0.162. The number of benzene rings is 9. The first-order chi connectivity index (χ1) is 33.6. The third kappa shape index (κ3) is 6.34. The van der Waals surface area contributed by atoms with Crippen LogP contribution in [-0.2, 0) is 16.2 Å². The standard InChI is InChI=1S/C66H58B2N2/c1-64(2,3)45-32-27-41(28-33-45)43-31-36-54-51(37-43)52-38-44(42-29-34-46(35-30-42)65(4,5)6)39-57-61(52)67(54)55-40-58-62(59(66(7,8)9)63(55)70(57)48-21-14-11-15-22-48)68-53-25-17-16-23-49(53)50-24-18-26-56(60(50)68)69(58)47-19-12-10-13-20-47/h10-40H,1-9H3. The SMILES string of the molecule is CC(C)(C)c1ccc(-c2ccc3c(c2)-c2cc(-c4ccc(C(C)(C)C)cc4)cc4c2B3c2cc3c(c(C(C)(C)C)c2N4c2ccccc2)B2c4ccccc4-c4cccc(c42)N3c2ccccc2)cc1. The second-order valence-electron chi connectivity index (χ2n) is 23.3. The first kappa shape index (κ1) is 42.8. The van der Waals surface area contributed by atoms with E-state index < -0.39 is 0 Å². The van der Waals surface area contributed by atoms with Crippen LogP contribution in [0.25, 0.3) is 44.5 Å². The van der Waals surface area contributed by atoms with E-state index in [0.717, 1.165) is 0 Å². The Hall–Kier alpha value is -7.29. The molecule has 0 spiro atoms. The molecule has 4 aliphatic heterocycles. The molecule has 338 valence electrons. The van der Waals surface area contributed by atoms with Crippen LogP contribution in [-0.4, -0.2) is 13.4 Å². The van der Waals surface area contributed by atoms with Crippen molar-refractivity contribution < 1.29 is 0 Å². The average molecular weight is 901 g/mol. The molecule has 13 rings (SSSR count). The molecule has 0 amide bonds. The maximum Gasteiger partial charge on any atom is 0.248 e. The Labute approximate surface area is 415 Å². The molecule has 0 fully saturated rings. The molecule has 0 saturated carbocycles. The van der Waals surface area contributed by atoms with Gasteiger partial charge in [-0.3, -0.25) is 0 Å². The summed E-state index contributed by atoms with van der Waals surface area (Å²) in [5.74, 6) is 0. The molecule has 0 radical (unpaired) electrons. The third-order valence-electron chi connectivity index (χ3n) is 15.9. The molecule has 0 unspecified atom stereocenters. The molecule has 9 aromatic rings. The highest BCUT2D eigenvalue weighted by molar-refractivity contribution is 7.03. The molecule has 4 heterocycles. The van der Waals surface area contributed by atoms with Gasteiger partial charge in [0.1, 0.15) is 0 Å². The highest BCUT2D eigenvalue weighted by Gasteiger charge is 2.50. The van der Waals surface area contributed by atoms with E-state index in [-0.39, 0.29) is 29.7 Å². The second kappa shape index (κ2) is 15.1. The molecule has 0 atom stereocenters. The zero-order valence-electron chi connectivity index (χ0n) is 41.9. The summed E-state index contributed by atoms with van der Waals surface area (Å²) in [6, 6.07) is 72.2. The maximum absolute atomic E-state index is 2.67. The van der Waals surface area contributed by atoms with Gasteiger partial charge in [0.25, 0.3) is 0 Å². The van der Waals surface area contributed by atoms with Gasteiger partial charge in [-0.05, 0) is 154 Å². The predicted molar refractivity (Wildman–Crippen MR) is 303 cm³/mol. The largest absolute Gasteiger partial charge is 0.312 e. The van der Waals surface area contributed by atoms with E-state index >= 15 is 0 Å². The summed E-state index contributed by atoms with van der Waals surface area (Å²) in [5, 5.41) is 0. The minimum Gasteiger partial charge on any atom is -0.312 e. The highest BCUT2D eigenvalue weighted by Crippen LogP contribution is 2.50. The van der Waals surface area contributed by atoms with Crippen molar-refractivity contribution in [3.8, 4) is 44.5 Å². The fourth-order valence-corrected chi connectivity index (χ4v) is 12.6. The molecular weight excluding hydrogens is 842 g/mol. The van der Waals surface area contributed by atoms with E-state index in [9.17, 15) is 0 Å². The monoisotopic (exact) mass is 900 g/mol. The van der Waals surface area contributed by atoms with Gasteiger partial charge in [0.15, 0.2) is 0 Å². The molecule has 0 aromatic heterocycles. The predicted octanol–water partition coefficient (Wildman–Crippen LogP) is 13.5. The third-order valence-corrected chi connectivity index (χ3v) is 15.9. The number of rotatable bonds is 4. The zero-order chi connectivity index (χ0) is 48.0. The first-order valence-electron chi connectivity index (χ1n) is 25.3. The molecule has 4 aliphatic rings. The van der Waals surface area contributed by atoms with Crippen molar-refractivity contribution in [1.29, 1.82) is 0 Å². The Bertz CT molecular complexity index is 3590. The Balaban J connectivity index is 1.15. The summed E-state index contributed by atoms with van der Waals surface area (Å²) in [5.41, 5.74) is 30.1. The lowest BCUT2D eigenvalue weighted by Crippen LogP contribution is -2.61. The van der Waals surface area contributed by atoms with Gasteiger partial charge in [-0.15, -0.1) is 0 Å².